The Kier molecular flexibility index (Phi) is 7.96. The molecule has 0 bridgehead atoms. The third-order valence-corrected chi connectivity index (χ3v) is 4.64. The van der Waals surface area contributed by atoms with Gasteiger partial charge in [-0.05, 0) is 32.1 Å². The van der Waals surface area contributed by atoms with E-state index in [2.05, 4.69) is 26.2 Å². The molecular formula is C16H34N2O. The van der Waals surface area contributed by atoms with Crippen LogP contribution in [0.15, 0.2) is 0 Å². The van der Waals surface area contributed by atoms with Gasteiger partial charge in [-0.3, -0.25) is 11.3 Å². The molecule has 2 atom stereocenters. The number of hydrogen-bond acceptors (Lipinski definition) is 3. The van der Waals surface area contributed by atoms with Crippen molar-refractivity contribution >= 4 is 0 Å². The first-order chi connectivity index (χ1) is 9.18. The topological polar surface area (TPSA) is 47.3 Å². The van der Waals surface area contributed by atoms with Crippen LogP contribution in [0.4, 0.5) is 0 Å². The summed E-state index contributed by atoms with van der Waals surface area (Å²) in [6, 6.07) is 0.298. The maximum atomic E-state index is 6.24. The zero-order valence-corrected chi connectivity index (χ0v) is 13.2. The number of hydrogen-bond donors (Lipinski definition) is 2. The van der Waals surface area contributed by atoms with Crippen molar-refractivity contribution in [1.82, 2.24) is 5.43 Å². The monoisotopic (exact) mass is 270 g/mol. The lowest BCUT2D eigenvalue weighted by Gasteiger charge is -2.41. The van der Waals surface area contributed by atoms with Crippen molar-refractivity contribution < 1.29 is 4.74 Å². The summed E-state index contributed by atoms with van der Waals surface area (Å²) in [5, 5.41) is 0. The highest BCUT2D eigenvalue weighted by Gasteiger charge is 2.39. The number of nitrogens with one attached hydrogen (secondary N) is 1. The van der Waals surface area contributed by atoms with Gasteiger partial charge in [0.1, 0.15) is 0 Å². The molecule has 114 valence electrons. The summed E-state index contributed by atoms with van der Waals surface area (Å²) in [7, 11) is 0. The standard InChI is InChI=1S/C16H34N2O/c1-4-10-14(3)13-15(18-17)16(19-5-2)11-8-6-7-9-12-16/h14-15,18H,4-13,17H2,1-3H3. The van der Waals surface area contributed by atoms with Crippen molar-refractivity contribution in [3.05, 3.63) is 0 Å². The van der Waals surface area contributed by atoms with E-state index in [1.165, 1.54) is 38.5 Å². The van der Waals surface area contributed by atoms with Crippen LogP contribution in [0.3, 0.4) is 0 Å². The summed E-state index contributed by atoms with van der Waals surface area (Å²) in [6.07, 6.45) is 11.2. The van der Waals surface area contributed by atoms with Gasteiger partial charge in [-0.25, -0.2) is 0 Å². The molecule has 0 amide bonds. The van der Waals surface area contributed by atoms with Crippen LogP contribution in [0, 0.1) is 5.92 Å². The van der Waals surface area contributed by atoms with Gasteiger partial charge in [0.2, 0.25) is 0 Å². The van der Waals surface area contributed by atoms with E-state index in [9.17, 15) is 0 Å². The van der Waals surface area contributed by atoms with Crippen LogP contribution in [0.25, 0.3) is 0 Å². The number of rotatable bonds is 8. The second kappa shape index (κ2) is 8.93. The van der Waals surface area contributed by atoms with E-state index in [4.69, 9.17) is 10.6 Å². The first kappa shape index (κ1) is 16.9. The van der Waals surface area contributed by atoms with Crippen LogP contribution in [0.1, 0.15) is 78.6 Å². The summed E-state index contributed by atoms with van der Waals surface area (Å²) in [6.45, 7) is 7.49. The number of ether oxygens (including phenoxy) is 1. The maximum Gasteiger partial charge on any atom is 0.0848 e. The smallest absolute Gasteiger partial charge is 0.0848 e. The highest BCUT2D eigenvalue weighted by molar-refractivity contribution is 4.94. The van der Waals surface area contributed by atoms with E-state index in [0.29, 0.717) is 12.0 Å². The molecule has 0 saturated heterocycles. The average Bonchev–Trinajstić information content (AvgIpc) is 2.63. The Morgan fingerprint density at radius 3 is 2.26 bits per heavy atom. The third-order valence-electron chi connectivity index (χ3n) is 4.64. The molecule has 1 aliphatic carbocycles. The molecular weight excluding hydrogens is 236 g/mol. The average molecular weight is 270 g/mol. The van der Waals surface area contributed by atoms with Crippen molar-refractivity contribution in [2.75, 3.05) is 6.61 Å². The fraction of sp³-hybridized carbons (Fsp3) is 1.00. The Hall–Kier alpha value is -0.120. The zero-order chi connectivity index (χ0) is 14.1. The Labute approximate surface area is 119 Å². The normalized spacial score (nSPS) is 22.7. The van der Waals surface area contributed by atoms with Crippen molar-refractivity contribution in [2.24, 2.45) is 11.8 Å². The number of hydrazine groups is 1. The van der Waals surface area contributed by atoms with E-state index < -0.39 is 0 Å². The molecule has 0 heterocycles. The van der Waals surface area contributed by atoms with Gasteiger partial charge in [0.05, 0.1) is 11.6 Å². The molecule has 3 N–H and O–H groups in total. The quantitative estimate of drug-likeness (QED) is 0.401. The fourth-order valence-corrected chi connectivity index (χ4v) is 3.66. The summed E-state index contributed by atoms with van der Waals surface area (Å²) < 4.78 is 6.24. The molecule has 3 heteroatoms. The Bertz CT molecular complexity index is 225. The minimum absolute atomic E-state index is 0.0258. The molecule has 0 spiro atoms. The van der Waals surface area contributed by atoms with Gasteiger partial charge in [-0.2, -0.15) is 0 Å². The van der Waals surface area contributed by atoms with Gasteiger partial charge in [0.25, 0.3) is 0 Å². The van der Waals surface area contributed by atoms with E-state index >= 15 is 0 Å². The lowest BCUT2D eigenvalue weighted by Crippen LogP contribution is -2.55. The minimum Gasteiger partial charge on any atom is -0.374 e. The third kappa shape index (κ3) is 5.05. The van der Waals surface area contributed by atoms with E-state index in [0.717, 1.165) is 25.9 Å². The van der Waals surface area contributed by atoms with Crippen LogP contribution in [0.5, 0.6) is 0 Å². The fourth-order valence-electron chi connectivity index (χ4n) is 3.66. The Morgan fingerprint density at radius 1 is 1.16 bits per heavy atom. The van der Waals surface area contributed by atoms with E-state index in [1.807, 2.05) is 0 Å². The zero-order valence-electron chi connectivity index (χ0n) is 13.2. The maximum absolute atomic E-state index is 6.24. The highest BCUT2D eigenvalue weighted by atomic mass is 16.5. The van der Waals surface area contributed by atoms with Crippen LogP contribution in [-0.2, 0) is 4.74 Å². The highest BCUT2D eigenvalue weighted by Crippen LogP contribution is 2.36. The number of nitrogens with two attached hydrogens (primary N) is 1. The summed E-state index contributed by atoms with van der Waals surface area (Å²) in [5.74, 6) is 6.60. The van der Waals surface area contributed by atoms with E-state index in [1.54, 1.807) is 0 Å². The van der Waals surface area contributed by atoms with Gasteiger partial charge in [-0.1, -0.05) is 52.4 Å². The van der Waals surface area contributed by atoms with Crippen LogP contribution in [0.2, 0.25) is 0 Å². The molecule has 1 saturated carbocycles. The van der Waals surface area contributed by atoms with Crippen molar-refractivity contribution in [3.63, 3.8) is 0 Å². The van der Waals surface area contributed by atoms with Crippen molar-refractivity contribution in [2.45, 2.75) is 90.2 Å². The first-order valence-electron chi connectivity index (χ1n) is 8.28. The molecule has 0 aromatic carbocycles. The minimum atomic E-state index is -0.0258. The Morgan fingerprint density at radius 2 is 1.79 bits per heavy atom. The molecule has 0 aromatic rings. The predicted molar refractivity (Wildman–Crippen MR) is 81.9 cm³/mol. The molecule has 0 aromatic heterocycles. The van der Waals surface area contributed by atoms with Crippen LogP contribution >= 0.6 is 0 Å². The lowest BCUT2D eigenvalue weighted by atomic mass is 9.81. The summed E-state index contributed by atoms with van der Waals surface area (Å²) in [4.78, 5) is 0. The van der Waals surface area contributed by atoms with E-state index in [-0.39, 0.29) is 5.60 Å². The lowest BCUT2D eigenvalue weighted by molar-refractivity contribution is -0.0814. The van der Waals surface area contributed by atoms with Crippen LogP contribution in [-0.4, -0.2) is 18.2 Å². The van der Waals surface area contributed by atoms with Crippen LogP contribution < -0.4 is 11.3 Å². The molecule has 1 aliphatic rings. The molecule has 0 aliphatic heterocycles. The van der Waals surface area contributed by atoms with Gasteiger partial charge in [0, 0.05) is 6.61 Å². The summed E-state index contributed by atoms with van der Waals surface area (Å²) in [5.41, 5.74) is 3.06. The molecule has 1 rings (SSSR count). The molecule has 1 fully saturated rings. The largest absolute Gasteiger partial charge is 0.374 e. The second-order valence-corrected chi connectivity index (χ2v) is 6.26. The van der Waals surface area contributed by atoms with Gasteiger partial charge < -0.3 is 4.74 Å². The molecule has 2 unspecified atom stereocenters. The second-order valence-electron chi connectivity index (χ2n) is 6.26. The summed E-state index contributed by atoms with van der Waals surface area (Å²) >= 11 is 0. The Balaban J connectivity index is 2.73. The molecule has 19 heavy (non-hydrogen) atoms. The molecule has 0 radical (unpaired) electrons. The van der Waals surface area contributed by atoms with Crippen molar-refractivity contribution in [1.29, 1.82) is 0 Å². The first-order valence-corrected chi connectivity index (χ1v) is 8.28. The predicted octanol–water partition coefficient (Wildman–Crippen LogP) is 3.77. The molecule has 3 nitrogen and oxygen atoms in total. The van der Waals surface area contributed by atoms with Crippen molar-refractivity contribution in [3.8, 4) is 0 Å². The van der Waals surface area contributed by atoms with Gasteiger partial charge in [-0.15, -0.1) is 0 Å². The van der Waals surface area contributed by atoms with Gasteiger partial charge in [0.15, 0.2) is 0 Å². The SMILES string of the molecule is CCCC(C)CC(NN)C1(OCC)CCCCCC1. The van der Waals surface area contributed by atoms with Gasteiger partial charge >= 0.3 is 0 Å².